The topological polar surface area (TPSA) is 64.0 Å². The minimum absolute atomic E-state index is 0.143. The maximum Gasteiger partial charge on any atom is 0.307 e. The zero-order chi connectivity index (χ0) is 13.3. The molecule has 2 rings (SSSR count). The first-order valence-electron chi connectivity index (χ1n) is 5.40. The summed E-state index contributed by atoms with van der Waals surface area (Å²) in [5.41, 5.74) is 1.54. The van der Waals surface area contributed by atoms with Crippen LogP contribution in [0.25, 0.3) is 0 Å². The van der Waals surface area contributed by atoms with Crippen molar-refractivity contribution in [2.75, 3.05) is 5.32 Å². The van der Waals surface area contributed by atoms with Crippen molar-refractivity contribution in [3.63, 3.8) is 0 Å². The molecule has 0 aliphatic heterocycles. The zero-order valence-electron chi connectivity index (χ0n) is 10.4. The number of anilines is 1. The van der Waals surface area contributed by atoms with Crippen LogP contribution in [-0.2, 0) is 7.05 Å². The molecule has 0 fully saturated rings. The van der Waals surface area contributed by atoms with E-state index in [1.807, 2.05) is 13.0 Å². The molecule has 1 N–H and O–H groups in total. The average Bonchev–Trinajstić information content (AvgIpc) is 2.60. The molecule has 1 amide bonds. The summed E-state index contributed by atoms with van der Waals surface area (Å²) in [6.07, 6.45) is 1.61. The quantitative estimate of drug-likeness (QED) is 0.897. The second-order valence-corrected chi connectivity index (χ2v) is 4.93. The molecule has 0 unspecified atom stereocenters. The van der Waals surface area contributed by atoms with Gasteiger partial charge in [-0.15, -0.1) is 0 Å². The Morgan fingerprint density at radius 3 is 2.72 bits per heavy atom. The fraction of sp³-hybridized carbons (Fsp3) is 0.250. The number of aromatic nitrogens is 2. The highest BCUT2D eigenvalue weighted by molar-refractivity contribution is 7.11. The molecule has 0 atom stereocenters. The van der Waals surface area contributed by atoms with Crippen molar-refractivity contribution in [2.24, 2.45) is 7.05 Å². The molecule has 0 spiro atoms. The average molecular weight is 263 g/mol. The third-order valence-electron chi connectivity index (χ3n) is 2.74. The summed E-state index contributed by atoms with van der Waals surface area (Å²) in [5.74, 6) is 0.224. The maximum absolute atomic E-state index is 12.1. The molecule has 0 aliphatic carbocycles. The smallest absolute Gasteiger partial charge is 0.306 e. The van der Waals surface area contributed by atoms with Gasteiger partial charge < -0.3 is 9.88 Å². The monoisotopic (exact) mass is 263 g/mol. The van der Waals surface area contributed by atoms with Gasteiger partial charge in [0.15, 0.2) is 0 Å². The van der Waals surface area contributed by atoms with Gasteiger partial charge in [-0.05, 0) is 25.5 Å². The van der Waals surface area contributed by atoms with Gasteiger partial charge in [0.2, 0.25) is 0 Å². The van der Waals surface area contributed by atoms with Crippen LogP contribution in [-0.4, -0.2) is 15.5 Å². The van der Waals surface area contributed by atoms with Crippen molar-refractivity contribution < 1.29 is 4.79 Å². The minimum atomic E-state index is -0.294. The van der Waals surface area contributed by atoms with Crippen LogP contribution in [0.1, 0.15) is 20.9 Å². The molecule has 0 bridgehead atoms. The van der Waals surface area contributed by atoms with E-state index < -0.39 is 0 Å². The minimum Gasteiger partial charge on any atom is -0.306 e. The van der Waals surface area contributed by atoms with E-state index in [0.717, 1.165) is 16.9 Å². The summed E-state index contributed by atoms with van der Waals surface area (Å²) in [5, 5.41) is 2.72. The molecule has 0 radical (unpaired) electrons. The van der Waals surface area contributed by atoms with Gasteiger partial charge in [-0.3, -0.25) is 9.59 Å². The summed E-state index contributed by atoms with van der Waals surface area (Å²) in [6, 6.07) is 3.67. The van der Waals surface area contributed by atoms with Gasteiger partial charge >= 0.3 is 4.87 Å². The number of carbonyl (C=O) groups is 1. The van der Waals surface area contributed by atoms with Crippen LogP contribution in [0.2, 0.25) is 0 Å². The van der Waals surface area contributed by atoms with E-state index in [0.29, 0.717) is 16.4 Å². The lowest BCUT2D eigenvalue weighted by molar-refractivity contribution is 0.102. The molecule has 0 aromatic carbocycles. The molecule has 5 nitrogen and oxygen atoms in total. The number of pyridine rings is 1. The van der Waals surface area contributed by atoms with Crippen molar-refractivity contribution in [1.82, 2.24) is 9.55 Å². The van der Waals surface area contributed by atoms with Gasteiger partial charge in [-0.2, -0.15) is 0 Å². The predicted molar refractivity (Wildman–Crippen MR) is 71.2 cm³/mol. The summed E-state index contributed by atoms with van der Waals surface area (Å²) in [7, 11) is 1.65. The van der Waals surface area contributed by atoms with Crippen LogP contribution in [0.15, 0.2) is 23.1 Å². The van der Waals surface area contributed by atoms with Crippen LogP contribution < -0.4 is 10.2 Å². The third kappa shape index (κ3) is 2.19. The van der Waals surface area contributed by atoms with E-state index in [4.69, 9.17) is 0 Å². The molecule has 2 aromatic rings. The van der Waals surface area contributed by atoms with Gasteiger partial charge in [0.25, 0.3) is 5.91 Å². The second kappa shape index (κ2) is 4.73. The molecule has 0 saturated heterocycles. The van der Waals surface area contributed by atoms with Crippen molar-refractivity contribution in [3.8, 4) is 0 Å². The number of rotatable bonds is 2. The van der Waals surface area contributed by atoms with Crippen LogP contribution in [0.5, 0.6) is 0 Å². The van der Waals surface area contributed by atoms with E-state index in [1.165, 1.54) is 4.57 Å². The number of thiazole rings is 1. The van der Waals surface area contributed by atoms with E-state index in [-0.39, 0.29) is 10.8 Å². The first-order chi connectivity index (χ1) is 8.50. The van der Waals surface area contributed by atoms with Gasteiger partial charge in [-0.25, -0.2) is 4.98 Å². The van der Waals surface area contributed by atoms with Crippen LogP contribution in [0.4, 0.5) is 5.82 Å². The molecular formula is C12H13N3O2S. The number of amides is 1. The summed E-state index contributed by atoms with van der Waals surface area (Å²) in [4.78, 5) is 27.9. The number of nitrogens with one attached hydrogen (secondary N) is 1. The van der Waals surface area contributed by atoms with Crippen LogP contribution in [0, 0.1) is 13.8 Å². The predicted octanol–water partition coefficient (Wildman–Crippen LogP) is 1.71. The second-order valence-electron chi connectivity index (χ2n) is 3.96. The molecule has 2 aromatic heterocycles. The summed E-state index contributed by atoms with van der Waals surface area (Å²) in [6.45, 7) is 3.61. The van der Waals surface area contributed by atoms with Gasteiger partial charge in [0.05, 0.1) is 0 Å². The Bertz CT molecular complexity index is 658. The Balaban J connectivity index is 2.31. The van der Waals surface area contributed by atoms with E-state index >= 15 is 0 Å². The Labute approximate surface area is 108 Å². The van der Waals surface area contributed by atoms with Gasteiger partial charge in [-0.1, -0.05) is 17.4 Å². The van der Waals surface area contributed by atoms with Gasteiger partial charge in [0.1, 0.15) is 10.7 Å². The zero-order valence-corrected chi connectivity index (χ0v) is 11.2. The largest absolute Gasteiger partial charge is 0.307 e. The Kier molecular flexibility index (Phi) is 3.29. The molecule has 6 heteroatoms. The first-order valence-corrected chi connectivity index (χ1v) is 6.21. The van der Waals surface area contributed by atoms with Crippen LogP contribution in [0.3, 0.4) is 0 Å². The lowest BCUT2D eigenvalue weighted by Gasteiger charge is -2.06. The molecule has 0 saturated carbocycles. The normalized spacial score (nSPS) is 10.4. The molecule has 0 aliphatic rings. The van der Waals surface area contributed by atoms with Crippen molar-refractivity contribution in [2.45, 2.75) is 13.8 Å². The fourth-order valence-corrected chi connectivity index (χ4v) is 2.39. The van der Waals surface area contributed by atoms with Crippen molar-refractivity contribution >= 4 is 23.1 Å². The number of nitrogens with zero attached hydrogens (tertiary/aromatic N) is 2. The Morgan fingerprint density at radius 2 is 2.17 bits per heavy atom. The highest BCUT2D eigenvalue weighted by atomic mass is 32.1. The molecule has 18 heavy (non-hydrogen) atoms. The summed E-state index contributed by atoms with van der Waals surface area (Å²) >= 11 is 0.942. The third-order valence-corrected chi connectivity index (χ3v) is 3.88. The fourth-order valence-electron chi connectivity index (χ4n) is 1.51. The van der Waals surface area contributed by atoms with E-state index in [9.17, 15) is 9.59 Å². The Morgan fingerprint density at radius 1 is 1.44 bits per heavy atom. The molecule has 94 valence electrons. The first kappa shape index (κ1) is 12.5. The SMILES string of the molecule is Cc1cccnc1NC(=O)c1sc(=O)n(C)c1C. The van der Waals surface area contributed by atoms with Crippen molar-refractivity contribution in [3.05, 3.63) is 44.1 Å². The standard InChI is InChI=1S/C12H13N3O2S/c1-7-5-4-6-13-10(7)14-11(16)9-8(2)15(3)12(17)18-9/h4-6H,1-3H3,(H,13,14,16). The van der Waals surface area contributed by atoms with Crippen molar-refractivity contribution in [1.29, 1.82) is 0 Å². The highest BCUT2D eigenvalue weighted by Gasteiger charge is 2.16. The van der Waals surface area contributed by atoms with E-state index in [1.54, 1.807) is 26.2 Å². The lowest BCUT2D eigenvalue weighted by atomic mass is 10.3. The molecular weight excluding hydrogens is 250 g/mol. The highest BCUT2D eigenvalue weighted by Crippen LogP contribution is 2.15. The number of hydrogen-bond donors (Lipinski definition) is 1. The van der Waals surface area contributed by atoms with Crippen LogP contribution >= 0.6 is 11.3 Å². The number of aryl methyl sites for hydroxylation is 1. The maximum atomic E-state index is 12.1. The Hall–Kier alpha value is -1.95. The summed E-state index contributed by atoms with van der Waals surface area (Å²) < 4.78 is 1.46. The van der Waals surface area contributed by atoms with Gasteiger partial charge in [0, 0.05) is 18.9 Å². The lowest BCUT2D eigenvalue weighted by Crippen LogP contribution is -2.14. The molecule has 2 heterocycles. The number of carbonyl (C=O) groups excluding carboxylic acids is 1. The number of hydrogen-bond acceptors (Lipinski definition) is 4. The van der Waals surface area contributed by atoms with E-state index in [2.05, 4.69) is 10.3 Å².